The van der Waals surface area contributed by atoms with Crippen LogP contribution in [0.1, 0.15) is 19.3 Å². The molecule has 1 aromatic rings. The Morgan fingerprint density at radius 1 is 1.27 bits per heavy atom. The summed E-state index contributed by atoms with van der Waals surface area (Å²) in [5.74, 6) is 0.122. The van der Waals surface area contributed by atoms with Gasteiger partial charge >= 0.3 is 0 Å². The van der Waals surface area contributed by atoms with Crippen molar-refractivity contribution in [2.45, 2.75) is 30.4 Å². The average Bonchev–Trinajstić information content (AvgIpc) is 3.18. The highest BCUT2D eigenvalue weighted by Gasteiger charge is 2.30. The van der Waals surface area contributed by atoms with Gasteiger partial charge in [-0.15, -0.1) is 0 Å². The first-order chi connectivity index (χ1) is 12.5. The van der Waals surface area contributed by atoms with Gasteiger partial charge in [-0.1, -0.05) is 6.08 Å². The van der Waals surface area contributed by atoms with Gasteiger partial charge in [0.25, 0.3) is 5.91 Å². The van der Waals surface area contributed by atoms with Gasteiger partial charge in [-0.3, -0.25) is 4.79 Å². The lowest BCUT2D eigenvalue weighted by molar-refractivity contribution is -0.198. The number of benzene rings is 1. The molecule has 8 nitrogen and oxygen atoms in total. The van der Waals surface area contributed by atoms with E-state index in [1.807, 2.05) is 0 Å². The van der Waals surface area contributed by atoms with Gasteiger partial charge < -0.3 is 9.47 Å². The molecule has 0 bridgehead atoms. The summed E-state index contributed by atoms with van der Waals surface area (Å²) >= 11 is 0. The van der Waals surface area contributed by atoms with Gasteiger partial charge in [0.2, 0.25) is 10.0 Å². The van der Waals surface area contributed by atoms with E-state index in [1.54, 1.807) is 18.2 Å². The fourth-order valence-electron chi connectivity index (χ4n) is 2.76. The van der Waals surface area contributed by atoms with Crippen LogP contribution in [0.15, 0.2) is 40.8 Å². The number of nitrogens with zero attached hydrogens (tertiary/aromatic N) is 1. The number of rotatable bonds is 6. The largest absolute Gasteiger partial charge is 0.497 e. The molecule has 0 aliphatic carbocycles. The Morgan fingerprint density at radius 2 is 2.04 bits per heavy atom. The molecule has 1 aromatic carbocycles. The van der Waals surface area contributed by atoms with Gasteiger partial charge in [-0.2, -0.15) is 4.31 Å². The Kier molecular flexibility index (Phi) is 5.92. The first-order valence-electron chi connectivity index (χ1n) is 8.41. The van der Waals surface area contributed by atoms with Crippen LogP contribution < -0.4 is 10.2 Å². The molecule has 9 heteroatoms. The summed E-state index contributed by atoms with van der Waals surface area (Å²) < 4.78 is 37.0. The fraction of sp³-hybridized carbons (Fsp3) is 0.471. The number of carbonyl (C=O) groups excluding carboxylic acids is 1. The highest BCUT2D eigenvalue weighted by molar-refractivity contribution is 7.89. The van der Waals surface area contributed by atoms with E-state index in [1.165, 1.54) is 23.5 Å². The van der Waals surface area contributed by atoms with Gasteiger partial charge in [0.15, 0.2) is 6.29 Å². The monoisotopic (exact) mass is 382 g/mol. The summed E-state index contributed by atoms with van der Waals surface area (Å²) in [5.41, 5.74) is 2.70. The molecule has 1 amide bonds. The second kappa shape index (κ2) is 8.17. The first kappa shape index (κ1) is 18.8. The third-order valence-electron chi connectivity index (χ3n) is 4.30. The molecule has 2 heterocycles. The number of hydrogen-bond donors (Lipinski definition) is 1. The molecule has 1 unspecified atom stereocenters. The molecule has 1 fully saturated rings. The van der Waals surface area contributed by atoms with Crippen LogP contribution in [0.4, 0.5) is 0 Å². The van der Waals surface area contributed by atoms with E-state index in [-0.39, 0.29) is 18.0 Å². The van der Waals surface area contributed by atoms with Crippen LogP contribution in [0.25, 0.3) is 0 Å². The molecule has 142 valence electrons. The normalized spacial score (nSPS) is 21.3. The minimum atomic E-state index is -3.69. The summed E-state index contributed by atoms with van der Waals surface area (Å²) in [5, 5.41) is 0. The minimum absolute atomic E-state index is 0.00488. The smallest absolute Gasteiger partial charge is 0.271 e. The maximum Gasteiger partial charge on any atom is 0.271 e. The predicted octanol–water partition coefficient (Wildman–Crippen LogP) is 1.20. The first-order valence-corrected chi connectivity index (χ1v) is 9.85. The van der Waals surface area contributed by atoms with Crippen LogP contribution in [0.2, 0.25) is 0 Å². The van der Waals surface area contributed by atoms with Gasteiger partial charge in [-0.05, 0) is 37.1 Å². The van der Waals surface area contributed by atoms with E-state index in [2.05, 4.69) is 5.48 Å². The molecule has 1 saturated heterocycles. The Morgan fingerprint density at radius 3 is 2.69 bits per heavy atom. The number of carbonyl (C=O) groups is 1. The molecular weight excluding hydrogens is 360 g/mol. The number of sulfonamides is 1. The van der Waals surface area contributed by atoms with Crippen molar-refractivity contribution in [3.05, 3.63) is 35.9 Å². The molecule has 1 N–H and O–H groups in total. The zero-order valence-electron chi connectivity index (χ0n) is 14.5. The van der Waals surface area contributed by atoms with Crippen LogP contribution >= 0.6 is 0 Å². The molecule has 0 saturated carbocycles. The molecule has 3 rings (SSSR count). The van der Waals surface area contributed by atoms with Crippen molar-refractivity contribution >= 4 is 15.9 Å². The summed E-state index contributed by atoms with van der Waals surface area (Å²) in [6, 6.07) is 6.13. The number of ether oxygens (including phenoxy) is 2. The van der Waals surface area contributed by atoms with Crippen LogP contribution in [0, 0.1) is 0 Å². The molecule has 2 aliphatic rings. The van der Waals surface area contributed by atoms with Gasteiger partial charge in [0.05, 0.1) is 12.0 Å². The Labute approximate surface area is 152 Å². The molecule has 0 aromatic heterocycles. The zero-order valence-corrected chi connectivity index (χ0v) is 15.3. The average molecular weight is 382 g/mol. The van der Waals surface area contributed by atoms with Crippen LogP contribution in [-0.4, -0.2) is 51.7 Å². The van der Waals surface area contributed by atoms with Crippen LogP contribution in [-0.2, 0) is 24.4 Å². The number of hydrogen-bond acceptors (Lipinski definition) is 6. The molecule has 0 radical (unpaired) electrons. The Bertz CT molecular complexity index is 769. The highest BCUT2D eigenvalue weighted by atomic mass is 32.2. The third-order valence-corrected chi connectivity index (χ3v) is 6.12. The van der Waals surface area contributed by atoms with E-state index < -0.39 is 22.2 Å². The van der Waals surface area contributed by atoms with Crippen molar-refractivity contribution in [3.8, 4) is 5.75 Å². The van der Waals surface area contributed by atoms with E-state index in [9.17, 15) is 13.2 Å². The lowest BCUT2D eigenvalue weighted by Gasteiger charge is -2.22. The summed E-state index contributed by atoms with van der Waals surface area (Å²) in [6.07, 6.45) is 3.82. The van der Waals surface area contributed by atoms with E-state index >= 15 is 0 Å². The summed E-state index contributed by atoms with van der Waals surface area (Å²) in [7, 11) is -2.17. The topological polar surface area (TPSA) is 94.2 Å². The quantitative estimate of drug-likeness (QED) is 0.743. The lowest BCUT2D eigenvalue weighted by atomic mass is 10.2. The number of nitrogens with one attached hydrogen (secondary N) is 1. The molecular formula is C17H22N2O6S. The fourth-order valence-corrected chi connectivity index (χ4v) is 4.12. The van der Waals surface area contributed by atoms with Crippen LogP contribution in [0.3, 0.4) is 0 Å². The predicted molar refractivity (Wildman–Crippen MR) is 92.7 cm³/mol. The zero-order chi connectivity index (χ0) is 18.6. The number of hydroxylamine groups is 1. The summed E-state index contributed by atoms with van der Waals surface area (Å²) in [4.78, 5) is 17.6. The second-order valence-corrected chi connectivity index (χ2v) is 7.99. The number of methoxy groups -OCH3 is 1. The van der Waals surface area contributed by atoms with Crippen molar-refractivity contribution in [1.82, 2.24) is 9.79 Å². The van der Waals surface area contributed by atoms with Gasteiger partial charge in [-0.25, -0.2) is 18.7 Å². The lowest BCUT2D eigenvalue weighted by Crippen LogP contribution is -2.36. The van der Waals surface area contributed by atoms with Crippen molar-refractivity contribution in [3.63, 3.8) is 0 Å². The van der Waals surface area contributed by atoms with Crippen molar-refractivity contribution in [1.29, 1.82) is 0 Å². The standard InChI is InChI=1S/C17H22N2O6S/c1-23-14-5-7-15(8-6-14)26(21,22)19-10-9-13(12-19)17(20)18-25-16-4-2-3-11-24-16/h5-9,16H,2-4,10-12H2,1H3,(H,18,20). The van der Waals surface area contributed by atoms with Crippen molar-refractivity contribution < 1.29 is 27.5 Å². The maximum absolute atomic E-state index is 12.7. The van der Waals surface area contributed by atoms with Crippen LogP contribution in [0.5, 0.6) is 5.75 Å². The van der Waals surface area contributed by atoms with Crippen molar-refractivity contribution in [2.75, 3.05) is 26.8 Å². The Hall–Kier alpha value is -1.94. The van der Waals surface area contributed by atoms with E-state index in [0.29, 0.717) is 17.9 Å². The molecule has 0 spiro atoms. The van der Waals surface area contributed by atoms with Gasteiger partial charge in [0.1, 0.15) is 5.75 Å². The van der Waals surface area contributed by atoms with Gasteiger partial charge in [0, 0.05) is 31.7 Å². The van der Waals surface area contributed by atoms with E-state index in [4.69, 9.17) is 14.3 Å². The minimum Gasteiger partial charge on any atom is -0.497 e. The third kappa shape index (κ3) is 4.24. The summed E-state index contributed by atoms with van der Waals surface area (Å²) in [6.45, 7) is 0.739. The van der Waals surface area contributed by atoms with Crippen molar-refractivity contribution in [2.24, 2.45) is 0 Å². The molecule has 2 aliphatic heterocycles. The molecule has 26 heavy (non-hydrogen) atoms. The SMILES string of the molecule is COc1ccc(S(=O)(=O)N2CC=C(C(=O)NOC3CCCCO3)C2)cc1. The van der Waals surface area contributed by atoms with E-state index in [0.717, 1.165) is 19.3 Å². The maximum atomic E-state index is 12.7. The number of amides is 1. The molecule has 1 atom stereocenters. The second-order valence-electron chi connectivity index (χ2n) is 6.05. The Balaban J connectivity index is 1.56. The highest BCUT2D eigenvalue weighted by Crippen LogP contribution is 2.23.